The number of ether oxygens (including phenoxy) is 3. The number of aromatic hydroxyl groups is 1. The predicted molar refractivity (Wildman–Crippen MR) is 188 cm³/mol. The minimum Gasteiger partial charge on any atom is -0.507 e. The average molecular weight is 734 g/mol. The van der Waals surface area contributed by atoms with Gasteiger partial charge in [0.1, 0.15) is 30.3 Å². The number of nitrogens with zero attached hydrogens (tertiary/aromatic N) is 1. The SMILES string of the molecule is COc1c(C)c2c(c(O)c1C/C=C1/CC(C(=O)O)CC(=O)N1[C@@H]1CCC3(C)C(CCC4C3CC(O)C3(C)C(C5=CC(=O)OC5)CCC43O)C1)C(=O)OC2. The first-order valence-electron chi connectivity index (χ1n) is 19.2. The van der Waals surface area contributed by atoms with Gasteiger partial charge in [0.05, 0.1) is 24.7 Å². The number of aliphatic carboxylic acids is 1. The van der Waals surface area contributed by atoms with E-state index in [1.54, 1.807) is 13.0 Å². The number of hydrogen-bond donors (Lipinski definition) is 4. The number of esters is 2. The number of fused-ring (bicyclic) bond motifs is 6. The van der Waals surface area contributed by atoms with Crippen LogP contribution in [0.3, 0.4) is 0 Å². The Morgan fingerprint density at radius 3 is 2.51 bits per heavy atom. The number of cyclic esters (lactones) is 2. The monoisotopic (exact) mass is 733 g/mol. The Labute approximate surface area is 309 Å². The average Bonchev–Trinajstić information content (AvgIpc) is 3.81. The summed E-state index contributed by atoms with van der Waals surface area (Å²) in [6, 6.07) is -0.157. The standard InChI is InChI=1S/C41H51NO11/c1-20-27-19-53-38(49)34(27)35(46)26(36(20)51-4)7-6-24-13-21(37(47)48)14-32(44)42(24)25-9-11-39(2)23(16-25)5-8-29-30(39)17-31(43)40(3)28(10-12-41(29,40)50)22-15-33(45)52-18-22/h6,15,21,23,25,28-31,43,46,50H,5,7-14,16-19H2,1-4H3,(H,47,48)/b24-6-/t21?,23?,25-,28?,29?,30?,31?,39?,40?,41?/m1/s1. The fourth-order valence-corrected chi connectivity index (χ4v) is 12.5. The molecule has 9 unspecified atom stereocenters. The molecule has 3 aliphatic heterocycles. The number of likely N-dealkylation sites (tertiary alicyclic amines) is 1. The molecule has 1 aromatic carbocycles. The maximum atomic E-state index is 13.9. The summed E-state index contributed by atoms with van der Waals surface area (Å²) < 4.78 is 16.1. The van der Waals surface area contributed by atoms with E-state index in [0.717, 1.165) is 31.3 Å². The first-order chi connectivity index (χ1) is 25.1. The predicted octanol–water partition coefficient (Wildman–Crippen LogP) is 4.73. The smallest absolute Gasteiger partial charge is 0.342 e. The number of carboxylic acid groups (broad SMARTS) is 1. The Hall–Kier alpha value is -3.90. The third kappa shape index (κ3) is 5.13. The minimum absolute atomic E-state index is 0.00330. The molecule has 1 aromatic rings. The largest absolute Gasteiger partial charge is 0.507 e. The van der Waals surface area contributed by atoms with Crippen molar-refractivity contribution in [2.45, 2.75) is 116 Å². The molecular weight excluding hydrogens is 682 g/mol. The van der Waals surface area contributed by atoms with Gasteiger partial charge in [0.2, 0.25) is 5.91 Å². The molecule has 0 bridgehead atoms. The van der Waals surface area contributed by atoms with Crippen molar-refractivity contribution in [3.63, 3.8) is 0 Å². The van der Waals surface area contributed by atoms with E-state index < -0.39 is 35.0 Å². The van der Waals surface area contributed by atoms with Gasteiger partial charge in [0.25, 0.3) is 0 Å². The summed E-state index contributed by atoms with van der Waals surface area (Å²) in [5.41, 5.74) is 1.18. The molecule has 10 atom stereocenters. The van der Waals surface area contributed by atoms with Gasteiger partial charge in [-0.05, 0) is 105 Å². The van der Waals surface area contributed by atoms with E-state index in [2.05, 4.69) is 6.92 Å². The van der Waals surface area contributed by atoms with E-state index in [9.17, 15) is 39.6 Å². The maximum absolute atomic E-state index is 13.9. The van der Waals surface area contributed by atoms with Crippen molar-refractivity contribution in [1.82, 2.24) is 4.90 Å². The molecule has 53 heavy (non-hydrogen) atoms. The van der Waals surface area contributed by atoms with Crippen molar-refractivity contribution < 1.29 is 53.8 Å². The zero-order valence-electron chi connectivity index (χ0n) is 31.0. The fourth-order valence-electron chi connectivity index (χ4n) is 12.5. The molecule has 12 nitrogen and oxygen atoms in total. The van der Waals surface area contributed by atoms with Gasteiger partial charge in [0.15, 0.2) is 0 Å². The third-order valence-electron chi connectivity index (χ3n) is 15.4. The highest BCUT2D eigenvalue weighted by atomic mass is 16.5. The van der Waals surface area contributed by atoms with E-state index in [1.807, 2.05) is 17.9 Å². The van der Waals surface area contributed by atoms with Gasteiger partial charge in [-0.15, -0.1) is 0 Å². The van der Waals surface area contributed by atoms with Gasteiger partial charge in [-0.3, -0.25) is 9.59 Å². The third-order valence-corrected chi connectivity index (χ3v) is 15.4. The Bertz CT molecular complexity index is 1850. The summed E-state index contributed by atoms with van der Waals surface area (Å²) in [7, 11) is 1.49. The molecule has 8 rings (SSSR count). The number of allylic oxidation sites excluding steroid dienone is 2. The van der Waals surface area contributed by atoms with Crippen LogP contribution in [0.1, 0.15) is 105 Å². The normalized spacial score (nSPS) is 39.8. The number of methoxy groups -OCH3 is 1. The second-order valence-corrected chi connectivity index (χ2v) is 17.3. The molecule has 1 saturated heterocycles. The zero-order valence-corrected chi connectivity index (χ0v) is 31.0. The second kappa shape index (κ2) is 12.6. The summed E-state index contributed by atoms with van der Waals surface area (Å²) in [5.74, 6) is -2.74. The highest BCUT2D eigenvalue weighted by molar-refractivity contribution is 5.98. The highest BCUT2D eigenvalue weighted by Crippen LogP contribution is 2.70. The molecule has 4 saturated carbocycles. The number of aliphatic hydroxyl groups excluding tert-OH is 1. The van der Waals surface area contributed by atoms with E-state index in [4.69, 9.17) is 14.2 Å². The molecule has 1 amide bonds. The molecule has 12 heteroatoms. The lowest BCUT2D eigenvalue weighted by Crippen LogP contribution is -2.67. The molecule has 4 N–H and O–H groups in total. The van der Waals surface area contributed by atoms with Crippen molar-refractivity contribution >= 4 is 23.8 Å². The fraction of sp³-hybridized carbons (Fsp3) is 0.659. The number of carbonyl (C=O) groups excluding carboxylic acids is 3. The van der Waals surface area contributed by atoms with Crippen molar-refractivity contribution in [3.8, 4) is 11.5 Å². The van der Waals surface area contributed by atoms with Crippen molar-refractivity contribution in [1.29, 1.82) is 0 Å². The second-order valence-electron chi connectivity index (χ2n) is 17.3. The molecule has 0 radical (unpaired) electrons. The van der Waals surface area contributed by atoms with Crippen LogP contribution in [-0.2, 0) is 36.9 Å². The van der Waals surface area contributed by atoms with Crippen molar-refractivity contribution in [2.75, 3.05) is 13.7 Å². The number of carbonyl (C=O) groups is 4. The number of piperidine rings is 1. The van der Waals surface area contributed by atoms with E-state index in [-0.39, 0.29) is 90.8 Å². The Morgan fingerprint density at radius 1 is 1.04 bits per heavy atom. The van der Waals surface area contributed by atoms with Crippen LogP contribution in [0.5, 0.6) is 11.5 Å². The quantitative estimate of drug-likeness (QED) is 0.297. The molecule has 0 spiro atoms. The van der Waals surface area contributed by atoms with Gasteiger partial charge in [-0.1, -0.05) is 19.9 Å². The maximum Gasteiger partial charge on any atom is 0.342 e. The van der Waals surface area contributed by atoms with Crippen LogP contribution in [0, 0.1) is 47.3 Å². The molecule has 5 fully saturated rings. The van der Waals surface area contributed by atoms with Crippen molar-refractivity contribution in [3.05, 3.63) is 45.7 Å². The summed E-state index contributed by atoms with van der Waals surface area (Å²) in [4.78, 5) is 52.5. The molecule has 4 aliphatic carbocycles. The Balaban J connectivity index is 1.07. The number of amides is 1. The summed E-state index contributed by atoms with van der Waals surface area (Å²) in [5, 5.41) is 45.9. The van der Waals surface area contributed by atoms with Crippen LogP contribution in [0.15, 0.2) is 23.4 Å². The number of phenols is 1. The highest BCUT2D eigenvalue weighted by Gasteiger charge is 2.71. The van der Waals surface area contributed by atoms with Gasteiger partial charge in [0, 0.05) is 47.2 Å². The van der Waals surface area contributed by atoms with Gasteiger partial charge < -0.3 is 39.5 Å². The molecular formula is C41H51NO11. The van der Waals surface area contributed by atoms with E-state index in [1.165, 1.54) is 7.11 Å². The number of aliphatic hydroxyl groups is 2. The summed E-state index contributed by atoms with van der Waals surface area (Å²) >= 11 is 0. The summed E-state index contributed by atoms with van der Waals surface area (Å²) in [6.07, 6.45) is 8.47. The zero-order chi connectivity index (χ0) is 37.8. The Morgan fingerprint density at radius 2 is 1.81 bits per heavy atom. The first-order valence-corrected chi connectivity index (χ1v) is 19.2. The molecule has 7 aliphatic rings. The van der Waals surface area contributed by atoms with E-state index >= 15 is 0 Å². The number of hydrogen-bond acceptors (Lipinski definition) is 10. The number of phenolic OH excluding ortho intramolecular Hbond substituents is 1. The van der Waals surface area contributed by atoms with Crippen LogP contribution in [0.2, 0.25) is 0 Å². The van der Waals surface area contributed by atoms with Crippen LogP contribution >= 0.6 is 0 Å². The lowest BCUT2D eigenvalue weighted by molar-refractivity contribution is -0.243. The van der Waals surface area contributed by atoms with Crippen LogP contribution in [-0.4, -0.2) is 80.6 Å². The lowest BCUT2D eigenvalue weighted by atomic mass is 9.42. The summed E-state index contributed by atoms with van der Waals surface area (Å²) in [6.45, 7) is 6.37. The topological polar surface area (TPSA) is 180 Å². The Kier molecular flexibility index (Phi) is 8.57. The van der Waals surface area contributed by atoms with Gasteiger partial charge in [-0.2, -0.15) is 0 Å². The minimum atomic E-state index is -1.08. The number of benzene rings is 1. The van der Waals surface area contributed by atoms with Gasteiger partial charge in [-0.25, -0.2) is 9.59 Å². The molecule has 3 heterocycles. The number of carboxylic acids is 1. The first kappa shape index (κ1) is 36.1. The molecule has 0 aromatic heterocycles. The molecule has 286 valence electrons. The van der Waals surface area contributed by atoms with Gasteiger partial charge >= 0.3 is 17.9 Å². The number of rotatable bonds is 6. The van der Waals surface area contributed by atoms with Crippen LogP contribution in [0.25, 0.3) is 0 Å². The van der Waals surface area contributed by atoms with Crippen LogP contribution in [0.4, 0.5) is 0 Å². The van der Waals surface area contributed by atoms with Crippen molar-refractivity contribution in [2.24, 2.45) is 40.4 Å². The van der Waals surface area contributed by atoms with E-state index in [0.29, 0.717) is 53.8 Å². The lowest BCUT2D eigenvalue weighted by Gasteiger charge is -2.65. The van der Waals surface area contributed by atoms with Crippen LogP contribution < -0.4 is 4.74 Å².